The second-order valence-corrected chi connectivity index (χ2v) is 6.72. The number of hydrogen-bond donors (Lipinski definition) is 3. The number of carbonyl (C=O) groups is 1. The van der Waals surface area contributed by atoms with Gasteiger partial charge in [0.2, 0.25) is 0 Å². The van der Waals surface area contributed by atoms with Gasteiger partial charge in [-0.25, -0.2) is 4.79 Å². The van der Waals surface area contributed by atoms with Crippen molar-refractivity contribution in [2.45, 2.75) is 32.0 Å². The van der Waals surface area contributed by atoms with Crippen LogP contribution < -0.4 is 10.6 Å². The highest BCUT2D eigenvalue weighted by Crippen LogP contribution is 2.34. The Morgan fingerprint density at radius 3 is 2.86 bits per heavy atom. The van der Waals surface area contributed by atoms with Crippen LogP contribution in [0.3, 0.4) is 0 Å². The van der Waals surface area contributed by atoms with E-state index in [1.165, 1.54) is 15.6 Å². The zero-order valence-electron chi connectivity index (χ0n) is 12.6. The van der Waals surface area contributed by atoms with Crippen molar-refractivity contribution in [1.29, 1.82) is 0 Å². The molecule has 1 aliphatic heterocycles. The topological polar surface area (TPSA) is 70.6 Å². The molecule has 0 bridgehead atoms. The SMILES string of the molecule is Cc1c([C@@H](C)NC(=O)N[C@@H]2COC[C@@H]2O)sc2ccccc12. The van der Waals surface area contributed by atoms with Crippen LogP contribution in [0.1, 0.15) is 23.4 Å². The number of fused-ring (bicyclic) bond motifs is 1. The van der Waals surface area contributed by atoms with Crippen molar-refractivity contribution in [2.24, 2.45) is 0 Å². The van der Waals surface area contributed by atoms with Gasteiger partial charge in [-0.15, -0.1) is 11.3 Å². The Hall–Kier alpha value is -1.63. The van der Waals surface area contributed by atoms with E-state index in [0.29, 0.717) is 6.61 Å². The molecule has 6 heteroatoms. The number of nitrogens with one attached hydrogen (secondary N) is 2. The summed E-state index contributed by atoms with van der Waals surface area (Å²) in [6.07, 6.45) is -0.632. The molecule has 0 spiro atoms. The summed E-state index contributed by atoms with van der Waals surface area (Å²) in [5.41, 5.74) is 1.21. The summed E-state index contributed by atoms with van der Waals surface area (Å²) in [4.78, 5) is 13.2. The van der Waals surface area contributed by atoms with Crippen LogP contribution in [0.4, 0.5) is 4.79 Å². The molecule has 1 aliphatic rings. The number of thiophene rings is 1. The van der Waals surface area contributed by atoms with Gasteiger partial charge in [0.25, 0.3) is 0 Å². The van der Waals surface area contributed by atoms with Crippen molar-refractivity contribution in [3.63, 3.8) is 0 Å². The number of rotatable bonds is 3. The van der Waals surface area contributed by atoms with E-state index in [0.717, 1.165) is 4.88 Å². The van der Waals surface area contributed by atoms with Crippen LogP contribution in [-0.2, 0) is 4.74 Å². The van der Waals surface area contributed by atoms with Crippen molar-refractivity contribution in [3.8, 4) is 0 Å². The average Bonchev–Trinajstić information content (AvgIpc) is 3.04. The number of ether oxygens (including phenoxy) is 1. The monoisotopic (exact) mass is 320 g/mol. The van der Waals surface area contributed by atoms with Crippen molar-refractivity contribution in [2.75, 3.05) is 13.2 Å². The van der Waals surface area contributed by atoms with E-state index in [1.54, 1.807) is 11.3 Å². The molecule has 1 saturated heterocycles. The third kappa shape index (κ3) is 2.95. The van der Waals surface area contributed by atoms with Crippen LogP contribution in [0.5, 0.6) is 0 Å². The standard InChI is InChI=1S/C16H20N2O3S/c1-9-11-5-3-4-6-14(11)22-15(9)10(2)17-16(20)18-12-7-21-8-13(12)19/h3-6,10,12-13,19H,7-8H2,1-2H3,(H2,17,18,20)/t10-,12-,13+/m1/s1. The maximum absolute atomic E-state index is 12.1. The molecule has 3 N–H and O–H groups in total. The van der Waals surface area contributed by atoms with Gasteiger partial charge >= 0.3 is 6.03 Å². The second kappa shape index (κ2) is 6.24. The molecular formula is C16H20N2O3S. The zero-order chi connectivity index (χ0) is 15.7. The molecule has 5 nitrogen and oxygen atoms in total. The molecule has 118 valence electrons. The Kier molecular flexibility index (Phi) is 4.33. The number of amides is 2. The lowest BCUT2D eigenvalue weighted by molar-refractivity contribution is 0.122. The first kappa shape index (κ1) is 15.3. The number of benzene rings is 1. The lowest BCUT2D eigenvalue weighted by Crippen LogP contribution is -2.47. The number of aliphatic hydroxyl groups is 1. The number of aryl methyl sites for hydroxylation is 1. The Bertz CT molecular complexity index is 685. The fourth-order valence-corrected chi connectivity index (χ4v) is 3.97. The Labute approximate surface area is 133 Å². The molecular weight excluding hydrogens is 300 g/mol. The average molecular weight is 320 g/mol. The minimum Gasteiger partial charge on any atom is -0.388 e. The van der Waals surface area contributed by atoms with Crippen molar-refractivity contribution in [3.05, 3.63) is 34.7 Å². The van der Waals surface area contributed by atoms with Gasteiger partial charge in [-0.3, -0.25) is 0 Å². The molecule has 0 aliphatic carbocycles. The fourth-order valence-electron chi connectivity index (χ4n) is 2.76. The Morgan fingerprint density at radius 2 is 2.18 bits per heavy atom. The summed E-state index contributed by atoms with van der Waals surface area (Å²) in [5.74, 6) is 0. The predicted octanol–water partition coefficient (Wildman–Crippen LogP) is 2.33. The molecule has 2 heterocycles. The van der Waals surface area contributed by atoms with Crippen LogP contribution in [0, 0.1) is 6.92 Å². The normalized spacial score (nSPS) is 22.7. The fraction of sp³-hybridized carbons (Fsp3) is 0.438. The van der Waals surface area contributed by atoms with Gasteiger partial charge in [0.15, 0.2) is 0 Å². The molecule has 1 aromatic heterocycles. The van der Waals surface area contributed by atoms with E-state index < -0.39 is 6.10 Å². The third-order valence-corrected chi connectivity index (χ3v) is 5.44. The lowest BCUT2D eigenvalue weighted by atomic mass is 10.1. The van der Waals surface area contributed by atoms with Crippen molar-refractivity contribution >= 4 is 27.5 Å². The second-order valence-electron chi connectivity index (χ2n) is 5.64. The van der Waals surface area contributed by atoms with Gasteiger partial charge in [0.1, 0.15) is 0 Å². The highest BCUT2D eigenvalue weighted by Gasteiger charge is 2.28. The lowest BCUT2D eigenvalue weighted by Gasteiger charge is -2.18. The van der Waals surface area contributed by atoms with Gasteiger partial charge in [-0.05, 0) is 30.9 Å². The molecule has 0 radical (unpaired) electrons. The van der Waals surface area contributed by atoms with E-state index in [1.807, 2.05) is 19.1 Å². The van der Waals surface area contributed by atoms with Crippen LogP contribution in [0.2, 0.25) is 0 Å². The van der Waals surface area contributed by atoms with Gasteiger partial charge in [-0.2, -0.15) is 0 Å². The van der Waals surface area contributed by atoms with E-state index in [2.05, 4.69) is 29.7 Å². The maximum Gasteiger partial charge on any atom is 0.315 e. The quantitative estimate of drug-likeness (QED) is 0.813. The maximum atomic E-state index is 12.1. The molecule has 0 saturated carbocycles. The van der Waals surface area contributed by atoms with E-state index in [9.17, 15) is 9.90 Å². The summed E-state index contributed by atoms with van der Waals surface area (Å²) in [7, 11) is 0. The van der Waals surface area contributed by atoms with E-state index in [4.69, 9.17) is 4.74 Å². The molecule has 2 amide bonds. The first-order valence-electron chi connectivity index (χ1n) is 7.37. The zero-order valence-corrected chi connectivity index (χ0v) is 13.4. The van der Waals surface area contributed by atoms with E-state index in [-0.39, 0.29) is 24.7 Å². The molecule has 1 fully saturated rings. The molecule has 3 atom stereocenters. The van der Waals surface area contributed by atoms with E-state index >= 15 is 0 Å². The molecule has 1 aromatic carbocycles. The van der Waals surface area contributed by atoms with Crippen molar-refractivity contribution < 1.29 is 14.6 Å². The summed E-state index contributed by atoms with van der Waals surface area (Å²) >= 11 is 1.70. The summed E-state index contributed by atoms with van der Waals surface area (Å²) in [6.45, 7) is 4.68. The number of hydrogen-bond acceptors (Lipinski definition) is 4. The van der Waals surface area contributed by atoms with Crippen molar-refractivity contribution in [1.82, 2.24) is 10.6 Å². The Morgan fingerprint density at radius 1 is 1.41 bits per heavy atom. The van der Waals surface area contributed by atoms with Gasteiger partial charge in [0, 0.05) is 9.58 Å². The summed E-state index contributed by atoms with van der Waals surface area (Å²) in [5, 5.41) is 16.6. The molecule has 0 unspecified atom stereocenters. The smallest absolute Gasteiger partial charge is 0.315 e. The van der Waals surface area contributed by atoms with Gasteiger partial charge < -0.3 is 20.5 Å². The summed E-state index contributed by atoms with van der Waals surface area (Å²) in [6, 6.07) is 7.54. The minimum absolute atomic E-state index is 0.0862. The van der Waals surface area contributed by atoms with Gasteiger partial charge in [-0.1, -0.05) is 18.2 Å². The molecule has 22 heavy (non-hydrogen) atoms. The van der Waals surface area contributed by atoms with Crippen LogP contribution in [0.25, 0.3) is 10.1 Å². The van der Waals surface area contributed by atoms with Gasteiger partial charge in [0.05, 0.1) is 31.4 Å². The first-order chi connectivity index (χ1) is 10.6. The largest absolute Gasteiger partial charge is 0.388 e. The van der Waals surface area contributed by atoms with Crippen LogP contribution >= 0.6 is 11.3 Å². The highest BCUT2D eigenvalue weighted by molar-refractivity contribution is 7.19. The highest BCUT2D eigenvalue weighted by atomic mass is 32.1. The Balaban J connectivity index is 1.69. The summed E-state index contributed by atoms with van der Waals surface area (Å²) < 4.78 is 6.35. The third-order valence-electron chi connectivity index (χ3n) is 3.99. The first-order valence-corrected chi connectivity index (χ1v) is 8.18. The number of aliphatic hydroxyl groups excluding tert-OH is 1. The minimum atomic E-state index is -0.632. The number of carbonyl (C=O) groups excluding carboxylic acids is 1. The molecule has 3 rings (SSSR count). The van der Waals surface area contributed by atoms with Crippen LogP contribution in [0.15, 0.2) is 24.3 Å². The predicted molar refractivity (Wildman–Crippen MR) is 87.3 cm³/mol. The number of urea groups is 1. The van der Waals surface area contributed by atoms with Crippen LogP contribution in [-0.4, -0.2) is 36.5 Å². The molecule has 2 aromatic rings.